The number of nitrogens with one attached hydrogen (secondary N) is 1. The third-order valence-electron chi connectivity index (χ3n) is 2.63. The van der Waals surface area contributed by atoms with Crippen LogP contribution in [-0.2, 0) is 16.1 Å². The van der Waals surface area contributed by atoms with Gasteiger partial charge in [-0.15, -0.1) is 0 Å². The van der Waals surface area contributed by atoms with Crippen LogP contribution >= 0.6 is 11.6 Å². The molecule has 1 amide bonds. The third-order valence-corrected chi connectivity index (χ3v) is 2.86. The molecule has 0 fully saturated rings. The molecular weight excluding hydrogens is 276 g/mol. The number of anilines is 2. The van der Waals surface area contributed by atoms with E-state index in [1.165, 1.54) is 0 Å². The molecule has 5 heteroatoms. The summed E-state index contributed by atoms with van der Waals surface area (Å²) in [6, 6.07) is 14.4. The van der Waals surface area contributed by atoms with Gasteiger partial charge in [0.25, 0.3) is 0 Å². The van der Waals surface area contributed by atoms with E-state index in [0.29, 0.717) is 23.0 Å². The molecule has 2 aromatic rings. The monoisotopic (exact) mass is 290 g/mol. The number of para-hydroxylation sites is 2. The van der Waals surface area contributed by atoms with E-state index >= 15 is 0 Å². The van der Waals surface area contributed by atoms with Crippen LogP contribution in [0.15, 0.2) is 48.5 Å². The van der Waals surface area contributed by atoms with Gasteiger partial charge in [-0.25, -0.2) is 0 Å². The summed E-state index contributed by atoms with van der Waals surface area (Å²) in [5.41, 5.74) is 7.77. The minimum atomic E-state index is -0.245. The van der Waals surface area contributed by atoms with Crippen LogP contribution in [0.1, 0.15) is 5.56 Å². The first kappa shape index (κ1) is 14.4. The Morgan fingerprint density at radius 3 is 2.75 bits per heavy atom. The fraction of sp³-hybridized carbons (Fsp3) is 0.133. The molecule has 4 nitrogen and oxygen atoms in total. The van der Waals surface area contributed by atoms with Gasteiger partial charge in [-0.2, -0.15) is 0 Å². The number of nitrogen functional groups attached to an aromatic ring is 1. The molecule has 0 spiro atoms. The maximum Gasteiger partial charge on any atom is 0.250 e. The van der Waals surface area contributed by atoms with Crippen LogP contribution in [0.3, 0.4) is 0 Å². The predicted octanol–water partition coefficient (Wildman–Crippen LogP) is 3.08. The Bertz CT molecular complexity index is 602. The predicted molar refractivity (Wildman–Crippen MR) is 80.6 cm³/mol. The maximum absolute atomic E-state index is 11.7. The topological polar surface area (TPSA) is 64.3 Å². The summed E-state index contributed by atoms with van der Waals surface area (Å²) in [5.74, 6) is -0.245. The number of hydrogen-bond acceptors (Lipinski definition) is 3. The molecule has 0 saturated carbocycles. The van der Waals surface area contributed by atoms with E-state index in [0.717, 1.165) is 5.56 Å². The Labute approximate surface area is 122 Å². The highest BCUT2D eigenvalue weighted by Crippen LogP contribution is 2.16. The fourth-order valence-corrected chi connectivity index (χ4v) is 1.90. The molecule has 0 aromatic heterocycles. The van der Waals surface area contributed by atoms with E-state index in [1.54, 1.807) is 36.4 Å². The molecule has 0 saturated heterocycles. The van der Waals surface area contributed by atoms with Gasteiger partial charge < -0.3 is 15.8 Å². The molecule has 0 radical (unpaired) electrons. The number of benzene rings is 2. The van der Waals surface area contributed by atoms with E-state index in [1.807, 2.05) is 12.1 Å². The maximum atomic E-state index is 11.7. The lowest BCUT2D eigenvalue weighted by molar-refractivity contribution is -0.121. The summed E-state index contributed by atoms with van der Waals surface area (Å²) < 4.78 is 5.34. The van der Waals surface area contributed by atoms with Crippen molar-refractivity contribution in [2.45, 2.75) is 6.61 Å². The summed E-state index contributed by atoms with van der Waals surface area (Å²) in [6.07, 6.45) is 0. The van der Waals surface area contributed by atoms with Gasteiger partial charge in [0.05, 0.1) is 18.0 Å². The van der Waals surface area contributed by atoms with Crippen molar-refractivity contribution in [3.63, 3.8) is 0 Å². The van der Waals surface area contributed by atoms with E-state index < -0.39 is 0 Å². The smallest absolute Gasteiger partial charge is 0.250 e. The molecule has 0 aliphatic heterocycles. The Morgan fingerprint density at radius 2 is 2.00 bits per heavy atom. The molecule has 0 heterocycles. The lowest BCUT2D eigenvalue weighted by atomic mass is 10.2. The van der Waals surface area contributed by atoms with Crippen molar-refractivity contribution in [1.29, 1.82) is 0 Å². The van der Waals surface area contributed by atoms with Crippen molar-refractivity contribution >= 4 is 28.9 Å². The van der Waals surface area contributed by atoms with Crippen molar-refractivity contribution in [1.82, 2.24) is 0 Å². The van der Waals surface area contributed by atoms with Crippen molar-refractivity contribution in [3.05, 3.63) is 59.1 Å². The highest BCUT2D eigenvalue weighted by atomic mass is 35.5. The highest BCUT2D eigenvalue weighted by Gasteiger charge is 2.05. The summed E-state index contributed by atoms with van der Waals surface area (Å²) in [5, 5.41) is 3.34. The average Bonchev–Trinajstić information content (AvgIpc) is 2.41. The molecule has 0 aliphatic carbocycles. The van der Waals surface area contributed by atoms with Crippen LogP contribution in [0.25, 0.3) is 0 Å². The average molecular weight is 291 g/mol. The molecule has 0 aliphatic rings. The SMILES string of the molecule is Nc1ccccc1NC(=O)COCc1cccc(Cl)c1. The van der Waals surface area contributed by atoms with Crippen LogP contribution < -0.4 is 11.1 Å². The van der Waals surface area contributed by atoms with E-state index in [2.05, 4.69) is 5.32 Å². The number of carbonyl (C=O) groups excluding carboxylic acids is 1. The Kier molecular flexibility index (Phi) is 4.98. The summed E-state index contributed by atoms with van der Waals surface area (Å²) in [6.45, 7) is 0.291. The standard InChI is InChI=1S/C15H15ClN2O2/c16-12-5-3-4-11(8-12)9-20-10-15(19)18-14-7-2-1-6-13(14)17/h1-8H,9-10,17H2,(H,18,19). The number of ether oxygens (including phenoxy) is 1. The van der Waals surface area contributed by atoms with Crippen LogP contribution in [0, 0.1) is 0 Å². The molecular formula is C15H15ClN2O2. The number of amides is 1. The molecule has 2 rings (SSSR count). The summed E-state index contributed by atoms with van der Waals surface area (Å²) in [4.78, 5) is 11.7. The van der Waals surface area contributed by atoms with Crippen LogP contribution in [0.2, 0.25) is 5.02 Å². The Balaban J connectivity index is 1.80. The number of carbonyl (C=O) groups is 1. The van der Waals surface area contributed by atoms with Crippen LogP contribution in [-0.4, -0.2) is 12.5 Å². The van der Waals surface area contributed by atoms with Crippen molar-refractivity contribution < 1.29 is 9.53 Å². The van der Waals surface area contributed by atoms with E-state index in [9.17, 15) is 4.79 Å². The molecule has 3 N–H and O–H groups in total. The van der Waals surface area contributed by atoms with Crippen molar-refractivity contribution in [2.24, 2.45) is 0 Å². The minimum Gasteiger partial charge on any atom is -0.397 e. The van der Waals surface area contributed by atoms with E-state index in [4.69, 9.17) is 22.1 Å². The second-order valence-corrected chi connectivity index (χ2v) is 4.69. The Morgan fingerprint density at radius 1 is 1.20 bits per heavy atom. The lowest BCUT2D eigenvalue weighted by Crippen LogP contribution is -2.18. The van der Waals surface area contributed by atoms with Gasteiger partial charge in [-0.3, -0.25) is 4.79 Å². The zero-order valence-corrected chi connectivity index (χ0v) is 11.6. The van der Waals surface area contributed by atoms with Crippen molar-refractivity contribution in [3.8, 4) is 0 Å². The number of halogens is 1. The van der Waals surface area contributed by atoms with Crippen LogP contribution in [0.5, 0.6) is 0 Å². The normalized spacial score (nSPS) is 10.2. The summed E-state index contributed by atoms with van der Waals surface area (Å²) >= 11 is 5.86. The fourth-order valence-electron chi connectivity index (χ4n) is 1.69. The van der Waals surface area contributed by atoms with Gasteiger partial charge in [-0.1, -0.05) is 35.9 Å². The molecule has 0 unspecified atom stereocenters. The molecule has 104 valence electrons. The second-order valence-electron chi connectivity index (χ2n) is 4.26. The Hall–Kier alpha value is -2.04. The van der Waals surface area contributed by atoms with Gasteiger partial charge in [0.15, 0.2) is 0 Å². The lowest BCUT2D eigenvalue weighted by Gasteiger charge is -2.08. The number of rotatable bonds is 5. The summed E-state index contributed by atoms with van der Waals surface area (Å²) in [7, 11) is 0. The zero-order chi connectivity index (χ0) is 14.4. The third kappa shape index (κ3) is 4.26. The largest absolute Gasteiger partial charge is 0.397 e. The second kappa shape index (κ2) is 6.93. The highest BCUT2D eigenvalue weighted by molar-refractivity contribution is 6.30. The van der Waals surface area contributed by atoms with Gasteiger partial charge in [0.2, 0.25) is 5.91 Å². The van der Waals surface area contributed by atoms with Gasteiger partial charge in [0, 0.05) is 5.02 Å². The minimum absolute atomic E-state index is 0.0408. The first-order valence-electron chi connectivity index (χ1n) is 6.11. The molecule has 0 bridgehead atoms. The van der Waals surface area contributed by atoms with Gasteiger partial charge in [-0.05, 0) is 29.8 Å². The molecule has 0 atom stereocenters. The first-order valence-corrected chi connectivity index (χ1v) is 6.49. The van der Waals surface area contributed by atoms with Gasteiger partial charge in [0.1, 0.15) is 6.61 Å². The zero-order valence-electron chi connectivity index (χ0n) is 10.8. The molecule has 20 heavy (non-hydrogen) atoms. The first-order chi connectivity index (χ1) is 9.65. The number of nitrogens with two attached hydrogens (primary N) is 1. The van der Waals surface area contributed by atoms with Crippen molar-refractivity contribution in [2.75, 3.05) is 17.7 Å². The molecule has 2 aromatic carbocycles. The van der Waals surface area contributed by atoms with Crippen LogP contribution in [0.4, 0.5) is 11.4 Å². The number of hydrogen-bond donors (Lipinski definition) is 2. The van der Waals surface area contributed by atoms with E-state index in [-0.39, 0.29) is 12.5 Å². The quantitative estimate of drug-likeness (QED) is 0.832. The van der Waals surface area contributed by atoms with Gasteiger partial charge >= 0.3 is 0 Å².